The lowest BCUT2D eigenvalue weighted by atomic mass is 10.1. The molecule has 0 unspecified atom stereocenters. The number of carbonyl (C=O) groups excluding carboxylic acids is 1. The number of carbonyl (C=O) groups is 1. The van der Waals surface area contributed by atoms with Crippen LogP contribution in [-0.2, 0) is 6.61 Å². The molecule has 0 atom stereocenters. The van der Waals surface area contributed by atoms with Gasteiger partial charge >= 0.3 is 0 Å². The van der Waals surface area contributed by atoms with Gasteiger partial charge in [-0.3, -0.25) is 4.79 Å². The van der Waals surface area contributed by atoms with Gasteiger partial charge in [-0.15, -0.1) is 0 Å². The number of benzene rings is 3. The zero-order valence-corrected chi connectivity index (χ0v) is 15.6. The number of halogens is 2. The normalized spacial score (nSPS) is 14.1. The summed E-state index contributed by atoms with van der Waals surface area (Å²) in [5, 5.41) is 1.24. The average Bonchev–Trinajstić information content (AvgIpc) is 2.98. The van der Waals surface area contributed by atoms with Crippen molar-refractivity contribution in [3.8, 4) is 11.5 Å². The number of Topliss-reactive ketones (excluding diaryl/α,β-unsaturated/α-hetero) is 1. The summed E-state index contributed by atoms with van der Waals surface area (Å²) in [6.07, 6.45) is 1.65. The lowest BCUT2D eigenvalue weighted by molar-refractivity contribution is 0.101. The Kier molecular flexibility index (Phi) is 4.88. The molecular formula is C22H14Cl2O3. The Hall–Kier alpha value is -2.75. The van der Waals surface area contributed by atoms with Crippen LogP contribution in [-0.4, -0.2) is 5.78 Å². The smallest absolute Gasteiger partial charge is 0.231 e. The van der Waals surface area contributed by atoms with Crippen molar-refractivity contribution in [1.29, 1.82) is 0 Å². The quantitative estimate of drug-likeness (QED) is 0.493. The van der Waals surface area contributed by atoms with Crippen molar-refractivity contribution >= 4 is 35.1 Å². The van der Waals surface area contributed by atoms with Gasteiger partial charge in [0.2, 0.25) is 5.78 Å². The van der Waals surface area contributed by atoms with Gasteiger partial charge in [0.05, 0.1) is 5.56 Å². The minimum absolute atomic E-state index is 0.172. The summed E-state index contributed by atoms with van der Waals surface area (Å²) < 4.78 is 11.5. The SMILES string of the molecule is O=C1/C(=C/c2ccccc2Cl)Oc2cc(OCc3ccc(Cl)cc3)ccc21. The molecule has 0 N–H and O–H groups in total. The van der Waals surface area contributed by atoms with E-state index in [0.29, 0.717) is 33.7 Å². The molecule has 0 radical (unpaired) electrons. The lowest BCUT2D eigenvalue weighted by Crippen LogP contribution is -1.98. The maximum absolute atomic E-state index is 12.5. The van der Waals surface area contributed by atoms with Gasteiger partial charge in [0, 0.05) is 16.1 Å². The van der Waals surface area contributed by atoms with Gasteiger partial charge in [0.25, 0.3) is 0 Å². The largest absolute Gasteiger partial charge is 0.489 e. The number of rotatable bonds is 4. The van der Waals surface area contributed by atoms with Crippen LogP contribution in [0.25, 0.3) is 6.08 Å². The highest BCUT2D eigenvalue weighted by Gasteiger charge is 2.27. The maximum atomic E-state index is 12.5. The summed E-state index contributed by atoms with van der Waals surface area (Å²) in [4.78, 5) is 12.5. The van der Waals surface area contributed by atoms with Crippen LogP contribution in [0.1, 0.15) is 21.5 Å². The summed E-state index contributed by atoms with van der Waals surface area (Å²) in [5.74, 6) is 1.17. The number of ether oxygens (including phenoxy) is 2. The van der Waals surface area contributed by atoms with Gasteiger partial charge in [-0.25, -0.2) is 0 Å². The summed E-state index contributed by atoms with van der Waals surface area (Å²) in [6.45, 7) is 0.395. The molecule has 0 fully saturated rings. The monoisotopic (exact) mass is 396 g/mol. The summed E-state index contributed by atoms with van der Waals surface area (Å²) in [6, 6.07) is 19.9. The van der Waals surface area contributed by atoms with Crippen LogP contribution in [0.4, 0.5) is 0 Å². The Bertz CT molecular complexity index is 1040. The summed E-state index contributed by atoms with van der Waals surface area (Å²) in [7, 11) is 0. The molecule has 0 spiro atoms. The van der Waals surface area contributed by atoms with Crippen molar-refractivity contribution < 1.29 is 14.3 Å². The molecule has 0 amide bonds. The van der Waals surface area contributed by atoms with Gasteiger partial charge in [-0.1, -0.05) is 53.5 Å². The van der Waals surface area contributed by atoms with Crippen LogP contribution in [0.2, 0.25) is 10.0 Å². The molecule has 5 heteroatoms. The molecular weight excluding hydrogens is 383 g/mol. The molecule has 1 aliphatic heterocycles. The Balaban J connectivity index is 1.52. The predicted molar refractivity (Wildman–Crippen MR) is 107 cm³/mol. The van der Waals surface area contributed by atoms with E-state index in [2.05, 4.69) is 0 Å². The molecule has 1 aliphatic rings. The number of allylic oxidation sites excluding steroid dienone is 1. The molecule has 27 heavy (non-hydrogen) atoms. The van der Waals surface area contributed by atoms with Crippen molar-refractivity contribution in [2.75, 3.05) is 0 Å². The zero-order chi connectivity index (χ0) is 18.8. The van der Waals surface area contributed by atoms with Crippen LogP contribution < -0.4 is 9.47 Å². The van der Waals surface area contributed by atoms with Crippen LogP contribution >= 0.6 is 23.2 Å². The fraction of sp³-hybridized carbons (Fsp3) is 0.0455. The predicted octanol–water partition coefficient (Wildman–Crippen LogP) is 6.19. The standard InChI is InChI=1S/C22H14Cl2O3/c23-16-7-5-14(6-8-16)13-26-17-9-10-18-20(12-17)27-21(22(18)25)11-15-3-1-2-4-19(15)24/h1-12H,13H2/b21-11-. The first-order chi connectivity index (χ1) is 13.1. The average molecular weight is 397 g/mol. The van der Waals surface area contributed by atoms with E-state index < -0.39 is 0 Å². The van der Waals surface area contributed by atoms with Gasteiger partial charge in [0.1, 0.15) is 18.1 Å². The summed E-state index contributed by atoms with van der Waals surface area (Å²) >= 11 is 12.0. The minimum atomic E-state index is -0.172. The molecule has 0 saturated heterocycles. The molecule has 0 bridgehead atoms. The van der Waals surface area contributed by atoms with E-state index in [-0.39, 0.29) is 11.5 Å². The maximum Gasteiger partial charge on any atom is 0.231 e. The van der Waals surface area contributed by atoms with E-state index in [9.17, 15) is 4.79 Å². The van der Waals surface area contributed by atoms with Crippen molar-refractivity contribution in [3.63, 3.8) is 0 Å². The molecule has 134 valence electrons. The third kappa shape index (κ3) is 3.85. The highest BCUT2D eigenvalue weighted by atomic mass is 35.5. The molecule has 3 aromatic carbocycles. The fourth-order valence-electron chi connectivity index (χ4n) is 2.74. The van der Waals surface area contributed by atoms with Crippen LogP contribution in [0.15, 0.2) is 72.5 Å². The third-order valence-corrected chi connectivity index (χ3v) is 4.75. The Labute approximate surface area is 166 Å². The number of ketones is 1. The molecule has 1 heterocycles. The van der Waals surface area contributed by atoms with Crippen LogP contribution in [0, 0.1) is 0 Å². The second-order valence-corrected chi connectivity index (χ2v) is 6.88. The fourth-order valence-corrected chi connectivity index (χ4v) is 3.05. The van der Waals surface area contributed by atoms with E-state index in [1.807, 2.05) is 42.5 Å². The molecule has 0 saturated carbocycles. The van der Waals surface area contributed by atoms with E-state index in [1.165, 1.54) is 0 Å². The Morgan fingerprint density at radius 1 is 0.963 bits per heavy atom. The first-order valence-electron chi connectivity index (χ1n) is 8.30. The topological polar surface area (TPSA) is 35.5 Å². The van der Waals surface area contributed by atoms with Crippen molar-refractivity contribution in [1.82, 2.24) is 0 Å². The zero-order valence-electron chi connectivity index (χ0n) is 14.1. The van der Waals surface area contributed by atoms with Gasteiger partial charge in [0.15, 0.2) is 5.76 Å². The van der Waals surface area contributed by atoms with Crippen molar-refractivity contribution in [2.45, 2.75) is 6.61 Å². The van der Waals surface area contributed by atoms with Gasteiger partial charge in [-0.2, -0.15) is 0 Å². The van der Waals surface area contributed by atoms with Gasteiger partial charge < -0.3 is 9.47 Å². The molecule has 3 aromatic rings. The second kappa shape index (κ2) is 7.47. The van der Waals surface area contributed by atoms with Crippen LogP contribution in [0.5, 0.6) is 11.5 Å². The van der Waals surface area contributed by atoms with Crippen molar-refractivity contribution in [3.05, 3.63) is 99.2 Å². The van der Waals surface area contributed by atoms with E-state index in [0.717, 1.165) is 11.1 Å². The first-order valence-corrected chi connectivity index (χ1v) is 9.06. The van der Waals surface area contributed by atoms with E-state index in [1.54, 1.807) is 30.3 Å². The lowest BCUT2D eigenvalue weighted by Gasteiger charge is -2.07. The third-order valence-electron chi connectivity index (χ3n) is 4.15. The Morgan fingerprint density at radius 2 is 1.74 bits per heavy atom. The van der Waals surface area contributed by atoms with E-state index in [4.69, 9.17) is 32.7 Å². The second-order valence-electron chi connectivity index (χ2n) is 6.03. The molecule has 0 aromatic heterocycles. The first kappa shape index (κ1) is 17.7. The summed E-state index contributed by atoms with van der Waals surface area (Å²) in [5.41, 5.74) is 2.23. The Morgan fingerprint density at radius 3 is 2.52 bits per heavy atom. The molecule has 4 rings (SSSR count). The highest BCUT2D eigenvalue weighted by Crippen LogP contribution is 2.35. The number of hydrogen-bond donors (Lipinski definition) is 0. The van der Waals surface area contributed by atoms with Gasteiger partial charge in [-0.05, 0) is 47.5 Å². The molecule has 0 aliphatic carbocycles. The number of hydrogen-bond acceptors (Lipinski definition) is 3. The highest BCUT2D eigenvalue weighted by molar-refractivity contribution is 6.32. The minimum Gasteiger partial charge on any atom is -0.489 e. The van der Waals surface area contributed by atoms with Crippen LogP contribution in [0.3, 0.4) is 0 Å². The molecule has 3 nitrogen and oxygen atoms in total. The van der Waals surface area contributed by atoms with Crippen molar-refractivity contribution in [2.24, 2.45) is 0 Å². The number of fused-ring (bicyclic) bond motifs is 1. The van der Waals surface area contributed by atoms with E-state index >= 15 is 0 Å².